The summed E-state index contributed by atoms with van der Waals surface area (Å²) >= 11 is 1.62. The molecule has 0 bridgehead atoms. The molecule has 1 aliphatic rings. The smallest absolute Gasteiger partial charge is 0.227 e. The van der Waals surface area contributed by atoms with Crippen molar-refractivity contribution in [2.45, 2.75) is 19.4 Å². The summed E-state index contributed by atoms with van der Waals surface area (Å²) in [6.45, 7) is 3.73. The Morgan fingerprint density at radius 2 is 2.55 bits per heavy atom. The number of imidazole rings is 1. The molecule has 0 aliphatic carbocycles. The number of aromatic amines is 1. The summed E-state index contributed by atoms with van der Waals surface area (Å²) in [6, 6.07) is 2.00. The van der Waals surface area contributed by atoms with Gasteiger partial charge >= 0.3 is 0 Å². The molecule has 0 unspecified atom stereocenters. The molecule has 1 saturated heterocycles. The Hall–Kier alpha value is -1.66. The van der Waals surface area contributed by atoms with Gasteiger partial charge in [-0.05, 0) is 29.3 Å². The van der Waals surface area contributed by atoms with Crippen LogP contribution in [-0.2, 0) is 16.0 Å². The minimum Gasteiger partial charge on any atom is -0.367 e. The van der Waals surface area contributed by atoms with Crippen LogP contribution in [0.5, 0.6) is 0 Å². The topological polar surface area (TPSA) is 58.2 Å². The highest BCUT2D eigenvalue weighted by Gasteiger charge is 2.27. The Bertz CT molecular complexity index is 579. The van der Waals surface area contributed by atoms with E-state index in [0.717, 1.165) is 17.1 Å². The maximum Gasteiger partial charge on any atom is 0.227 e. The first-order chi connectivity index (χ1) is 9.72. The first-order valence-electron chi connectivity index (χ1n) is 6.64. The maximum atomic E-state index is 12.3. The van der Waals surface area contributed by atoms with Crippen LogP contribution in [0, 0.1) is 6.92 Å². The highest BCUT2D eigenvalue weighted by molar-refractivity contribution is 7.07. The summed E-state index contributed by atoms with van der Waals surface area (Å²) in [5, 5.41) is 4.02. The highest BCUT2D eigenvalue weighted by Crippen LogP contribution is 2.20. The van der Waals surface area contributed by atoms with E-state index in [1.165, 1.54) is 0 Å². The lowest BCUT2D eigenvalue weighted by molar-refractivity contribution is -0.138. The Balaban J connectivity index is 1.64. The molecule has 20 heavy (non-hydrogen) atoms. The van der Waals surface area contributed by atoms with E-state index in [1.54, 1.807) is 17.5 Å². The molecular formula is C14H17N3O2S. The van der Waals surface area contributed by atoms with Gasteiger partial charge in [-0.25, -0.2) is 4.98 Å². The van der Waals surface area contributed by atoms with Gasteiger partial charge in [0.2, 0.25) is 5.91 Å². The zero-order valence-corrected chi connectivity index (χ0v) is 12.2. The van der Waals surface area contributed by atoms with Gasteiger partial charge in [-0.15, -0.1) is 0 Å². The quantitative estimate of drug-likeness (QED) is 0.940. The normalized spacial score (nSPS) is 19.2. The fourth-order valence-corrected chi connectivity index (χ4v) is 2.99. The summed E-state index contributed by atoms with van der Waals surface area (Å²) in [7, 11) is 0. The van der Waals surface area contributed by atoms with Crippen LogP contribution in [-0.4, -0.2) is 40.5 Å². The number of morpholine rings is 1. The van der Waals surface area contributed by atoms with Gasteiger partial charge in [-0.3, -0.25) is 4.79 Å². The first kappa shape index (κ1) is 13.3. The van der Waals surface area contributed by atoms with Gasteiger partial charge in [0.1, 0.15) is 11.9 Å². The Kier molecular flexibility index (Phi) is 3.84. The largest absolute Gasteiger partial charge is 0.367 e. The van der Waals surface area contributed by atoms with Gasteiger partial charge in [0.05, 0.1) is 19.6 Å². The van der Waals surface area contributed by atoms with Crippen molar-refractivity contribution in [1.82, 2.24) is 14.9 Å². The molecule has 6 heteroatoms. The summed E-state index contributed by atoms with van der Waals surface area (Å²) in [6.07, 6.45) is 2.10. The minimum atomic E-state index is -0.149. The van der Waals surface area contributed by atoms with E-state index < -0.39 is 0 Å². The van der Waals surface area contributed by atoms with Crippen molar-refractivity contribution in [3.05, 3.63) is 40.1 Å². The average molecular weight is 291 g/mol. The fraction of sp³-hybridized carbons (Fsp3) is 0.429. The molecule has 0 aromatic carbocycles. The van der Waals surface area contributed by atoms with Gasteiger partial charge in [0, 0.05) is 18.4 Å². The lowest BCUT2D eigenvalue weighted by Gasteiger charge is -2.32. The van der Waals surface area contributed by atoms with Crippen molar-refractivity contribution >= 4 is 17.2 Å². The number of amides is 1. The molecule has 106 valence electrons. The van der Waals surface area contributed by atoms with Crippen LogP contribution in [0.2, 0.25) is 0 Å². The van der Waals surface area contributed by atoms with Crippen molar-refractivity contribution in [2.75, 3.05) is 19.7 Å². The second-order valence-corrected chi connectivity index (χ2v) is 5.74. The predicted octanol–water partition coefficient (Wildman–Crippen LogP) is 1.92. The summed E-state index contributed by atoms with van der Waals surface area (Å²) in [4.78, 5) is 21.6. The SMILES string of the molecule is Cc1cnc([C@@H]2CN(C(=O)Cc3ccsc3)CCO2)[nH]1. The number of hydrogen-bond acceptors (Lipinski definition) is 4. The van der Waals surface area contributed by atoms with Crippen molar-refractivity contribution in [3.63, 3.8) is 0 Å². The molecule has 1 fully saturated rings. The van der Waals surface area contributed by atoms with Crippen LogP contribution in [0.1, 0.15) is 23.2 Å². The zero-order valence-electron chi connectivity index (χ0n) is 11.3. The highest BCUT2D eigenvalue weighted by atomic mass is 32.1. The van der Waals surface area contributed by atoms with Crippen LogP contribution in [0.3, 0.4) is 0 Å². The molecule has 1 aliphatic heterocycles. The molecule has 0 spiro atoms. The molecule has 1 amide bonds. The molecule has 3 heterocycles. The summed E-state index contributed by atoms with van der Waals surface area (Å²) < 4.78 is 5.71. The van der Waals surface area contributed by atoms with Gasteiger partial charge in [0.25, 0.3) is 0 Å². The van der Waals surface area contributed by atoms with E-state index in [-0.39, 0.29) is 12.0 Å². The summed E-state index contributed by atoms with van der Waals surface area (Å²) in [5.41, 5.74) is 2.09. The van der Waals surface area contributed by atoms with Crippen LogP contribution in [0.15, 0.2) is 23.0 Å². The molecular weight excluding hydrogens is 274 g/mol. The maximum absolute atomic E-state index is 12.3. The van der Waals surface area contributed by atoms with E-state index in [1.807, 2.05) is 28.7 Å². The average Bonchev–Trinajstić information content (AvgIpc) is 3.10. The Morgan fingerprint density at radius 1 is 1.65 bits per heavy atom. The number of hydrogen-bond donors (Lipinski definition) is 1. The molecule has 2 aromatic rings. The van der Waals surface area contributed by atoms with Crippen LogP contribution in [0.25, 0.3) is 0 Å². The molecule has 5 nitrogen and oxygen atoms in total. The van der Waals surface area contributed by atoms with E-state index in [4.69, 9.17) is 4.74 Å². The monoisotopic (exact) mass is 291 g/mol. The van der Waals surface area contributed by atoms with Gasteiger partial charge < -0.3 is 14.6 Å². The number of H-pyrrole nitrogens is 1. The van der Waals surface area contributed by atoms with Crippen molar-refractivity contribution in [2.24, 2.45) is 0 Å². The van der Waals surface area contributed by atoms with Crippen molar-refractivity contribution < 1.29 is 9.53 Å². The second kappa shape index (κ2) is 5.76. The second-order valence-electron chi connectivity index (χ2n) is 4.96. The van der Waals surface area contributed by atoms with Gasteiger partial charge in [-0.1, -0.05) is 0 Å². The zero-order chi connectivity index (χ0) is 13.9. The Labute approximate surface area is 121 Å². The standard InChI is InChI=1S/C14H17N3O2S/c1-10-7-15-14(16-10)12-8-17(3-4-19-12)13(18)6-11-2-5-20-9-11/h2,5,7,9,12H,3-4,6,8H2,1H3,(H,15,16)/t12-/m0/s1. The third kappa shape index (κ3) is 2.91. The van der Waals surface area contributed by atoms with Crippen LogP contribution >= 0.6 is 11.3 Å². The van der Waals surface area contributed by atoms with E-state index in [2.05, 4.69) is 9.97 Å². The first-order valence-corrected chi connectivity index (χ1v) is 7.58. The minimum absolute atomic E-state index is 0.149. The number of aryl methyl sites for hydroxylation is 1. The van der Waals surface area contributed by atoms with E-state index in [9.17, 15) is 4.79 Å². The molecule has 0 saturated carbocycles. The van der Waals surface area contributed by atoms with E-state index in [0.29, 0.717) is 26.1 Å². The molecule has 1 atom stereocenters. The molecule has 0 radical (unpaired) electrons. The van der Waals surface area contributed by atoms with Gasteiger partial charge in [0.15, 0.2) is 0 Å². The van der Waals surface area contributed by atoms with Crippen LogP contribution < -0.4 is 0 Å². The Morgan fingerprint density at radius 3 is 3.25 bits per heavy atom. The summed E-state index contributed by atoms with van der Waals surface area (Å²) in [5.74, 6) is 0.954. The number of carbonyl (C=O) groups is 1. The number of nitrogens with one attached hydrogen (secondary N) is 1. The molecule has 2 aromatic heterocycles. The predicted molar refractivity (Wildman–Crippen MR) is 76.6 cm³/mol. The third-order valence-corrected chi connectivity index (χ3v) is 4.11. The van der Waals surface area contributed by atoms with Crippen molar-refractivity contribution in [3.8, 4) is 0 Å². The number of thiophene rings is 1. The number of nitrogens with zero attached hydrogens (tertiary/aromatic N) is 2. The lowest BCUT2D eigenvalue weighted by atomic mass is 10.2. The molecule has 3 rings (SSSR count). The number of rotatable bonds is 3. The third-order valence-electron chi connectivity index (χ3n) is 3.38. The molecule has 1 N–H and O–H groups in total. The number of ether oxygens (including phenoxy) is 1. The van der Waals surface area contributed by atoms with Crippen LogP contribution in [0.4, 0.5) is 0 Å². The van der Waals surface area contributed by atoms with Gasteiger partial charge in [-0.2, -0.15) is 11.3 Å². The van der Waals surface area contributed by atoms with Crippen molar-refractivity contribution in [1.29, 1.82) is 0 Å². The number of carbonyl (C=O) groups excluding carboxylic acids is 1. The van der Waals surface area contributed by atoms with E-state index >= 15 is 0 Å². The fourth-order valence-electron chi connectivity index (χ4n) is 2.32. The lowest BCUT2D eigenvalue weighted by Crippen LogP contribution is -2.43. The number of aromatic nitrogens is 2.